The Morgan fingerprint density at radius 3 is 2.05 bits per heavy atom. The number of Topliss-reactive ketones (excluding diaryl/α,β-unsaturated/α-hetero) is 1. The van der Waals surface area contributed by atoms with Gasteiger partial charge in [0.05, 0.1) is 6.61 Å². The van der Waals surface area contributed by atoms with Gasteiger partial charge in [-0.05, 0) is 67.6 Å². The second kappa shape index (κ2) is 20.6. The smallest absolute Gasteiger partial charge is 0.217 e. The zero-order chi connectivity index (χ0) is 28.2. The summed E-state index contributed by atoms with van der Waals surface area (Å²) in [7, 11) is -4.69. The van der Waals surface area contributed by atoms with Crippen molar-refractivity contribution in [1.82, 2.24) is 0 Å². The number of aryl methyl sites for hydroxylation is 1. The number of rotatable bonds is 24. The maximum absolute atomic E-state index is 11.3. The van der Waals surface area contributed by atoms with E-state index in [1.807, 2.05) is 12.1 Å². The third-order valence-electron chi connectivity index (χ3n) is 7.78. The van der Waals surface area contributed by atoms with Crippen LogP contribution in [0.1, 0.15) is 139 Å². The molecule has 1 N–H and O–H groups in total. The number of hydrogen-bond donors (Lipinski definition) is 1. The molecule has 0 aliphatic carbocycles. The maximum Gasteiger partial charge on any atom is 0.217 e. The Bertz CT molecular complexity index is 867. The van der Waals surface area contributed by atoms with Gasteiger partial charge in [-0.25, -0.2) is 8.42 Å². The van der Waals surface area contributed by atoms with E-state index in [2.05, 4.69) is 31.0 Å². The first-order chi connectivity index (χ1) is 18.2. The van der Waals surface area contributed by atoms with Crippen molar-refractivity contribution in [2.45, 2.75) is 136 Å². The molecule has 1 aromatic rings. The Morgan fingerprint density at radius 1 is 0.921 bits per heavy atom. The lowest BCUT2D eigenvalue weighted by Gasteiger charge is -2.30. The fourth-order valence-electron chi connectivity index (χ4n) is 5.77. The van der Waals surface area contributed by atoms with Gasteiger partial charge >= 0.3 is 0 Å². The highest BCUT2D eigenvalue weighted by Gasteiger charge is 2.25. The van der Waals surface area contributed by atoms with Crippen LogP contribution in [0.25, 0.3) is 0 Å². The minimum Gasteiger partial charge on any atom is -0.726 e. The van der Waals surface area contributed by atoms with Crippen LogP contribution in [0, 0.1) is 12.8 Å². The van der Waals surface area contributed by atoms with E-state index in [9.17, 15) is 17.8 Å². The number of ketones is 1. The number of hydrogen-bond acceptors (Lipinski definition) is 6. The highest BCUT2D eigenvalue weighted by atomic mass is 32.3. The number of aliphatic hydroxyl groups excluding tert-OH is 1. The number of carbonyl (C=O) groups is 1. The van der Waals surface area contributed by atoms with Crippen molar-refractivity contribution < 1.29 is 27.1 Å². The Balaban J connectivity index is 2.85. The molecule has 220 valence electrons. The van der Waals surface area contributed by atoms with Gasteiger partial charge in [0.15, 0.2) is 5.78 Å². The highest BCUT2D eigenvalue weighted by Crippen LogP contribution is 2.39. The van der Waals surface area contributed by atoms with Crippen molar-refractivity contribution >= 4 is 16.2 Å². The summed E-state index contributed by atoms with van der Waals surface area (Å²) in [5, 5.41) is 8.87. The fraction of sp³-hybridized carbons (Fsp3) is 0.774. The molecule has 0 spiro atoms. The zero-order valence-corrected chi connectivity index (χ0v) is 25.0. The molecule has 0 fully saturated rings. The molecule has 0 amide bonds. The molecule has 1 rings (SSSR count). The van der Waals surface area contributed by atoms with Gasteiger partial charge in [-0.1, -0.05) is 103 Å². The molecule has 0 saturated heterocycles. The summed E-state index contributed by atoms with van der Waals surface area (Å²) in [6.07, 6.45) is 18.6. The lowest BCUT2D eigenvalue weighted by molar-refractivity contribution is -0.121. The minimum atomic E-state index is -4.69. The summed E-state index contributed by atoms with van der Waals surface area (Å²) in [6, 6.07) is 6.18. The van der Waals surface area contributed by atoms with E-state index in [0.717, 1.165) is 50.5 Å². The van der Waals surface area contributed by atoms with Gasteiger partial charge in [0.1, 0.15) is 6.61 Å². The fourth-order valence-corrected chi connectivity index (χ4v) is 6.05. The summed E-state index contributed by atoms with van der Waals surface area (Å²) >= 11 is 0. The molecule has 2 unspecified atom stereocenters. The van der Waals surface area contributed by atoms with E-state index in [0.29, 0.717) is 24.7 Å². The first kappa shape index (κ1) is 34.7. The van der Waals surface area contributed by atoms with Gasteiger partial charge in [-0.2, -0.15) is 0 Å². The standard InChI is InChI=1S/C31H54O6S/c1-4-6-7-8-9-11-14-19-27(20-15-12-10-13-16-22-29(33)25-32)30(5-2)31-26(3)18-17-21-28(31)23-24-37-38(34,35)36/h17-18,21,27,30,32H,4-16,19-20,22-25H2,1-3H3,(H,34,35,36)/p-1. The molecule has 7 heteroatoms. The van der Waals surface area contributed by atoms with E-state index in [-0.39, 0.29) is 19.0 Å². The van der Waals surface area contributed by atoms with Crippen molar-refractivity contribution in [3.05, 3.63) is 34.9 Å². The van der Waals surface area contributed by atoms with Crippen LogP contribution in [-0.4, -0.2) is 37.1 Å². The third-order valence-corrected chi connectivity index (χ3v) is 8.23. The Morgan fingerprint density at radius 2 is 1.50 bits per heavy atom. The van der Waals surface area contributed by atoms with Crippen LogP contribution in [0.4, 0.5) is 0 Å². The Kier molecular flexibility index (Phi) is 18.8. The van der Waals surface area contributed by atoms with Crippen molar-refractivity contribution in [2.75, 3.05) is 13.2 Å². The second-order valence-corrected chi connectivity index (χ2v) is 11.9. The Hall–Kier alpha value is -1.28. The number of unbranched alkanes of at least 4 members (excludes halogenated alkanes) is 10. The average molecular weight is 554 g/mol. The molecule has 1 aromatic carbocycles. The van der Waals surface area contributed by atoms with Crippen LogP contribution in [0.15, 0.2) is 18.2 Å². The molecule has 0 bridgehead atoms. The molecule has 38 heavy (non-hydrogen) atoms. The van der Waals surface area contributed by atoms with Crippen LogP contribution < -0.4 is 0 Å². The van der Waals surface area contributed by atoms with Gasteiger partial charge in [0, 0.05) is 6.42 Å². The van der Waals surface area contributed by atoms with E-state index < -0.39 is 10.4 Å². The topological polar surface area (TPSA) is 104 Å². The number of benzene rings is 1. The van der Waals surface area contributed by atoms with Crippen LogP contribution in [0.5, 0.6) is 0 Å². The summed E-state index contributed by atoms with van der Waals surface area (Å²) in [5.41, 5.74) is 3.61. The van der Waals surface area contributed by atoms with Crippen molar-refractivity contribution in [1.29, 1.82) is 0 Å². The van der Waals surface area contributed by atoms with Crippen LogP contribution in [0.3, 0.4) is 0 Å². The van der Waals surface area contributed by atoms with Crippen LogP contribution in [0.2, 0.25) is 0 Å². The summed E-state index contributed by atoms with van der Waals surface area (Å²) in [4.78, 5) is 11.3. The van der Waals surface area contributed by atoms with E-state index in [1.165, 1.54) is 62.5 Å². The first-order valence-corrected chi connectivity index (χ1v) is 16.4. The number of carbonyl (C=O) groups excluding carboxylic acids is 1. The van der Waals surface area contributed by atoms with Crippen LogP contribution >= 0.6 is 0 Å². The largest absolute Gasteiger partial charge is 0.726 e. The van der Waals surface area contributed by atoms with E-state index in [4.69, 9.17) is 5.11 Å². The van der Waals surface area contributed by atoms with Gasteiger partial charge in [0.2, 0.25) is 10.4 Å². The van der Waals surface area contributed by atoms with Gasteiger partial charge < -0.3 is 9.66 Å². The SMILES string of the molecule is CCCCCCCCCC(CCCCCCCC(=O)CO)C(CC)c1c(C)cccc1CCOS(=O)(=O)[O-]. The minimum absolute atomic E-state index is 0.0715. The highest BCUT2D eigenvalue weighted by molar-refractivity contribution is 7.80. The second-order valence-electron chi connectivity index (χ2n) is 10.8. The molecule has 0 saturated carbocycles. The van der Waals surface area contributed by atoms with Gasteiger partial charge in [0.25, 0.3) is 0 Å². The maximum atomic E-state index is 11.3. The van der Waals surface area contributed by atoms with Crippen molar-refractivity contribution in [3.8, 4) is 0 Å². The van der Waals surface area contributed by atoms with Crippen LogP contribution in [-0.2, 0) is 25.8 Å². The van der Waals surface area contributed by atoms with Crippen molar-refractivity contribution in [3.63, 3.8) is 0 Å². The lowest BCUT2D eigenvalue weighted by Crippen LogP contribution is -2.17. The summed E-state index contributed by atoms with van der Waals surface area (Å²) < 4.78 is 37.4. The molecule has 0 aliphatic rings. The predicted molar refractivity (Wildman–Crippen MR) is 154 cm³/mol. The van der Waals surface area contributed by atoms with Gasteiger partial charge in [-0.3, -0.25) is 8.98 Å². The molecule has 0 heterocycles. The third kappa shape index (κ3) is 15.3. The zero-order valence-electron chi connectivity index (χ0n) is 24.2. The summed E-state index contributed by atoms with van der Waals surface area (Å²) in [6.45, 7) is 6.15. The Labute approximate surface area is 232 Å². The first-order valence-electron chi connectivity index (χ1n) is 15.0. The average Bonchev–Trinajstić information content (AvgIpc) is 2.87. The predicted octanol–water partition coefficient (Wildman–Crippen LogP) is 7.56. The molecule has 2 atom stereocenters. The molecular weight excluding hydrogens is 500 g/mol. The van der Waals surface area contributed by atoms with Crippen molar-refractivity contribution in [2.24, 2.45) is 5.92 Å². The molecular formula is C31H53O6S-. The normalized spacial score (nSPS) is 13.5. The van der Waals surface area contributed by atoms with E-state index in [1.54, 1.807) is 0 Å². The monoisotopic (exact) mass is 553 g/mol. The number of aliphatic hydroxyl groups is 1. The molecule has 0 aliphatic heterocycles. The molecule has 0 radical (unpaired) electrons. The summed E-state index contributed by atoms with van der Waals surface area (Å²) in [5.74, 6) is 0.866. The van der Waals surface area contributed by atoms with E-state index >= 15 is 0 Å². The quantitative estimate of drug-likeness (QED) is 0.0805. The molecule has 6 nitrogen and oxygen atoms in total. The molecule has 0 aromatic heterocycles. The lowest BCUT2D eigenvalue weighted by atomic mass is 9.75. The van der Waals surface area contributed by atoms with Gasteiger partial charge in [-0.15, -0.1) is 0 Å².